The third-order valence-corrected chi connectivity index (χ3v) is 4.05. The second-order valence-corrected chi connectivity index (χ2v) is 5.05. The molecule has 1 aliphatic rings. The maximum absolute atomic E-state index is 13.7. The SMILES string of the molecule is Fc1ccc(C(Cl)C2Cc3ccccc32)c(F)c1. The van der Waals surface area contributed by atoms with Gasteiger partial charge in [0.2, 0.25) is 0 Å². The van der Waals surface area contributed by atoms with Gasteiger partial charge in [-0.15, -0.1) is 11.6 Å². The molecule has 0 saturated carbocycles. The molecule has 2 unspecified atom stereocenters. The van der Waals surface area contributed by atoms with Crippen LogP contribution in [0.25, 0.3) is 0 Å². The quantitative estimate of drug-likeness (QED) is 0.696. The fourth-order valence-corrected chi connectivity index (χ4v) is 2.90. The lowest BCUT2D eigenvalue weighted by molar-refractivity contribution is 0.536. The Bertz CT molecular complexity index is 595. The van der Waals surface area contributed by atoms with Crippen LogP contribution in [0.15, 0.2) is 42.5 Å². The Hall–Kier alpha value is -1.41. The van der Waals surface area contributed by atoms with Crippen LogP contribution in [0.1, 0.15) is 28.0 Å². The monoisotopic (exact) mass is 264 g/mol. The summed E-state index contributed by atoms with van der Waals surface area (Å²) in [6.07, 6.45) is 0.848. The molecule has 0 N–H and O–H groups in total. The van der Waals surface area contributed by atoms with Crippen LogP contribution in [0, 0.1) is 11.6 Å². The number of rotatable bonds is 2. The summed E-state index contributed by atoms with van der Waals surface area (Å²) in [5.74, 6) is -1.03. The van der Waals surface area contributed by atoms with Gasteiger partial charge in [-0.25, -0.2) is 8.78 Å². The summed E-state index contributed by atoms with van der Waals surface area (Å²) in [4.78, 5) is 0. The standard InChI is InChI=1S/C15H11ClF2/c16-15(12-6-5-10(17)8-14(12)18)13-7-9-3-1-2-4-11(9)13/h1-6,8,13,15H,7H2. The van der Waals surface area contributed by atoms with Crippen molar-refractivity contribution in [2.45, 2.75) is 17.7 Å². The summed E-state index contributed by atoms with van der Waals surface area (Å²) in [5, 5.41) is -0.444. The van der Waals surface area contributed by atoms with Crippen LogP contribution in [-0.4, -0.2) is 0 Å². The Morgan fingerprint density at radius 1 is 1.11 bits per heavy atom. The minimum absolute atomic E-state index is 0.114. The van der Waals surface area contributed by atoms with Crippen LogP contribution in [0.4, 0.5) is 8.78 Å². The fraction of sp³-hybridized carbons (Fsp3) is 0.200. The first-order valence-electron chi connectivity index (χ1n) is 5.83. The average Bonchev–Trinajstić information content (AvgIpc) is 2.30. The number of hydrogen-bond acceptors (Lipinski definition) is 0. The molecule has 1 aliphatic carbocycles. The average molecular weight is 265 g/mol. The molecule has 0 spiro atoms. The van der Waals surface area contributed by atoms with E-state index in [9.17, 15) is 8.78 Å². The maximum atomic E-state index is 13.7. The van der Waals surface area contributed by atoms with Crippen molar-refractivity contribution < 1.29 is 8.78 Å². The van der Waals surface area contributed by atoms with Crippen molar-refractivity contribution in [1.29, 1.82) is 0 Å². The van der Waals surface area contributed by atoms with E-state index in [1.807, 2.05) is 18.2 Å². The number of hydrogen-bond donors (Lipinski definition) is 0. The van der Waals surface area contributed by atoms with Gasteiger partial charge in [0.25, 0.3) is 0 Å². The van der Waals surface area contributed by atoms with Gasteiger partial charge in [-0.2, -0.15) is 0 Å². The summed E-state index contributed by atoms with van der Waals surface area (Å²) >= 11 is 6.33. The van der Waals surface area contributed by atoms with E-state index in [0.717, 1.165) is 12.5 Å². The first kappa shape index (κ1) is 11.7. The lowest BCUT2D eigenvalue weighted by atomic mass is 9.74. The minimum Gasteiger partial charge on any atom is -0.207 e. The molecule has 0 saturated heterocycles. The molecule has 92 valence electrons. The van der Waals surface area contributed by atoms with Gasteiger partial charge in [0.15, 0.2) is 0 Å². The van der Waals surface area contributed by atoms with Crippen molar-refractivity contribution in [2.24, 2.45) is 0 Å². The van der Waals surface area contributed by atoms with Gasteiger partial charge in [0.1, 0.15) is 11.6 Å². The topological polar surface area (TPSA) is 0 Å². The third-order valence-electron chi connectivity index (χ3n) is 3.51. The summed E-state index contributed by atoms with van der Waals surface area (Å²) in [6, 6.07) is 11.6. The van der Waals surface area contributed by atoms with Gasteiger partial charge >= 0.3 is 0 Å². The van der Waals surface area contributed by atoms with Crippen LogP contribution in [0.5, 0.6) is 0 Å². The highest BCUT2D eigenvalue weighted by Gasteiger charge is 2.33. The molecule has 2 aromatic carbocycles. The highest BCUT2D eigenvalue weighted by Crippen LogP contribution is 2.47. The lowest BCUT2D eigenvalue weighted by Gasteiger charge is -2.33. The fourth-order valence-electron chi connectivity index (χ4n) is 2.50. The van der Waals surface area contributed by atoms with E-state index in [0.29, 0.717) is 5.56 Å². The van der Waals surface area contributed by atoms with Crippen LogP contribution < -0.4 is 0 Å². The zero-order valence-electron chi connectivity index (χ0n) is 9.54. The van der Waals surface area contributed by atoms with E-state index < -0.39 is 17.0 Å². The Balaban J connectivity index is 1.91. The normalized spacial score (nSPS) is 18.9. The van der Waals surface area contributed by atoms with Gasteiger partial charge in [0, 0.05) is 17.5 Å². The molecule has 0 fully saturated rings. The van der Waals surface area contributed by atoms with Crippen molar-refractivity contribution >= 4 is 11.6 Å². The molecule has 3 heteroatoms. The van der Waals surface area contributed by atoms with Gasteiger partial charge in [-0.3, -0.25) is 0 Å². The number of benzene rings is 2. The smallest absolute Gasteiger partial charge is 0.130 e. The summed E-state index contributed by atoms with van der Waals surface area (Å²) < 4.78 is 26.5. The molecule has 0 heterocycles. The van der Waals surface area contributed by atoms with Crippen molar-refractivity contribution in [1.82, 2.24) is 0 Å². The van der Waals surface area contributed by atoms with E-state index in [1.54, 1.807) is 0 Å². The van der Waals surface area contributed by atoms with Gasteiger partial charge in [0.05, 0.1) is 5.38 Å². The van der Waals surface area contributed by atoms with Crippen molar-refractivity contribution in [3.05, 3.63) is 70.8 Å². The molecule has 0 aliphatic heterocycles. The molecule has 0 bridgehead atoms. The Morgan fingerprint density at radius 2 is 1.89 bits per heavy atom. The van der Waals surface area contributed by atoms with Crippen molar-refractivity contribution in [3.8, 4) is 0 Å². The molecule has 2 aromatic rings. The van der Waals surface area contributed by atoms with Crippen LogP contribution >= 0.6 is 11.6 Å². The van der Waals surface area contributed by atoms with Crippen LogP contribution in [0.3, 0.4) is 0 Å². The third kappa shape index (κ3) is 1.81. The number of alkyl halides is 1. The van der Waals surface area contributed by atoms with E-state index in [2.05, 4.69) is 6.07 Å². The molecular formula is C15H11ClF2. The molecule has 3 rings (SSSR count). The molecule has 18 heavy (non-hydrogen) atoms. The minimum atomic E-state index is -0.575. The molecule has 0 amide bonds. The maximum Gasteiger partial charge on any atom is 0.130 e. The van der Waals surface area contributed by atoms with Crippen molar-refractivity contribution in [2.75, 3.05) is 0 Å². The predicted molar refractivity (Wildman–Crippen MR) is 67.8 cm³/mol. The first-order chi connectivity index (χ1) is 8.66. The van der Waals surface area contributed by atoms with E-state index in [-0.39, 0.29) is 5.92 Å². The summed E-state index contributed by atoms with van der Waals surface area (Å²) in [7, 11) is 0. The van der Waals surface area contributed by atoms with Crippen LogP contribution in [-0.2, 0) is 6.42 Å². The molecule has 0 aromatic heterocycles. The van der Waals surface area contributed by atoms with E-state index in [1.165, 1.54) is 23.3 Å². The van der Waals surface area contributed by atoms with E-state index in [4.69, 9.17) is 11.6 Å². The molecule has 0 nitrogen and oxygen atoms in total. The lowest BCUT2D eigenvalue weighted by Crippen LogP contribution is -2.21. The molecule has 2 atom stereocenters. The highest BCUT2D eigenvalue weighted by atomic mass is 35.5. The van der Waals surface area contributed by atoms with Gasteiger partial charge in [-0.1, -0.05) is 30.3 Å². The van der Waals surface area contributed by atoms with E-state index >= 15 is 0 Å². The second-order valence-electron chi connectivity index (χ2n) is 4.58. The Kier molecular flexibility index (Phi) is 2.83. The zero-order chi connectivity index (χ0) is 12.7. The summed E-state index contributed by atoms with van der Waals surface area (Å²) in [6.45, 7) is 0. The largest absolute Gasteiger partial charge is 0.207 e. The molecular weight excluding hydrogens is 254 g/mol. The van der Waals surface area contributed by atoms with Gasteiger partial charge in [-0.05, 0) is 23.6 Å². The highest BCUT2D eigenvalue weighted by molar-refractivity contribution is 6.21. The zero-order valence-corrected chi connectivity index (χ0v) is 10.3. The van der Waals surface area contributed by atoms with Crippen LogP contribution in [0.2, 0.25) is 0 Å². The predicted octanol–water partition coefficient (Wildman–Crippen LogP) is 4.58. The second kappa shape index (κ2) is 4.36. The van der Waals surface area contributed by atoms with Crippen molar-refractivity contribution in [3.63, 3.8) is 0 Å². The Labute approximate surface area is 109 Å². The summed E-state index contributed by atoms with van der Waals surface area (Å²) in [5.41, 5.74) is 2.80. The van der Waals surface area contributed by atoms with Gasteiger partial charge < -0.3 is 0 Å². The first-order valence-corrected chi connectivity index (χ1v) is 6.27. The number of halogens is 3. The Morgan fingerprint density at radius 3 is 2.61 bits per heavy atom. The number of fused-ring (bicyclic) bond motifs is 1. The molecule has 0 radical (unpaired) electrons.